The molecule has 0 N–H and O–H groups in total. The predicted molar refractivity (Wildman–Crippen MR) is 97.9 cm³/mol. The van der Waals surface area contributed by atoms with Gasteiger partial charge in [-0.05, 0) is 18.4 Å². The molecule has 0 aromatic heterocycles. The quantitative estimate of drug-likeness (QED) is 0.528. The summed E-state index contributed by atoms with van der Waals surface area (Å²) in [7, 11) is 0. The minimum absolute atomic E-state index is 0.155. The Labute approximate surface area is 155 Å². The molecule has 0 unspecified atom stereocenters. The van der Waals surface area contributed by atoms with Crippen LogP contribution in [0.4, 0.5) is 4.79 Å². The van der Waals surface area contributed by atoms with E-state index in [0.717, 1.165) is 5.56 Å². The highest BCUT2D eigenvalue weighted by molar-refractivity contribution is 14.1. The molecular formula is C18H22INO4. The normalized spacial score (nSPS) is 32.6. The zero-order valence-electron chi connectivity index (χ0n) is 14.1. The highest BCUT2D eigenvalue weighted by Gasteiger charge is 2.59. The summed E-state index contributed by atoms with van der Waals surface area (Å²) in [4.78, 5) is 26.7. The van der Waals surface area contributed by atoms with E-state index in [0.29, 0.717) is 4.43 Å². The molecule has 2 aliphatic heterocycles. The van der Waals surface area contributed by atoms with Crippen LogP contribution in [-0.4, -0.2) is 39.6 Å². The summed E-state index contributed by atoms with van der Waals surface area (Å²) >= 11 is 2.23. The van der Waals surface area contributed by atoms with E-state index in [1.54, 1.807) is 0 Å². The molecule has 2 amide bonds. The number of hydrogen-bond donors (Lipinski definition) is 0. The molecule has 0 radical (unpaired) electrons. The molecule has 2 heterocycles. The number of halogens is 1. The SMILES string of the molecule is CC(C)[C@H]1COC(=O)N1C(=O)[C@@H]1[C@@H](c2ccccc2)O[C@@]1(C)CI. The minimum Gasteiger partial charge on any atom is -0.447 e. The van der Waals surface area contributed by atoms with E-state index in [-0.39, 0.29) is 36.5 Å². The van der Waals surface area contributed by atoms with E-state index >= 15 is 0 Å². The van der Waals surface area contributed by atoms with Gasteiger partial charge in [-0.3, -0.25) is 4.79 Å². The molecule has 1 aromatic carbocycles. The molecule has 24 heavy (non-hydrogen) atoms. The molecule has 0 saturated carbocycles. The van der Waals surface area contributed by atoms with Crippen LogP contribution in [0.2, 0.25) is 0 Å². The number of rotatable bonds is 4. The van der Waals surface area contributed by atoms with Gasteiger partial charge in [0.05, 0.1) is 23.7 Å². The number of alkyl halides is 1. The number of carbonyl (C=O) groups excluding carboxylic acids is 2. The fraction of sp³-hybridized carbons (Fsp3) is 0.556. The summed E-state index contributed by atoms with van der Waals surface area (Å²) in [6.45, 7) is 6.20. The third-order valence-corrected chi connectivity index (χ3v) is 6.44. The summed E-state index contributed by atoms with van der Waals surface area (Å²) in [5.74, 6) is -0.415. The summed E-state index contributed by atoms with van der Waals surface area (Å²) < 4.78 is 11.9. The molecule has 5 nitrogen and oxygen atoms in total. The van der Waals surface area contributed by atoms with Crippen molar-refractivity contribution in [2.45, 2.75) is 38.5 Å². The van der Waals surface area contributed by atoms with Crippen LogP contribution in [-0.2, 0) is 14.3 Å². The molecule has 130 valence electrons. The van der Waals surface area contributed by atoms with Gasteiger partial charge in [0.15, 0.2) is 0 Å². The maximum absolute atomic E-state index is 13.3. The zero-order valence-corrected chi connectivity index (χ0v) is 16.2. The zero-order chi connectivity index (χ0) is 17.5. The molecule has 2 saturated heterocycles. The van der Waals surface area contributed by atoms with Crippen molar-refractivity contribution in [3.05, 3.63) is 35.9 Å². The molecule has 0 bridgehead atoms. The molecule has 3 rings (SSSR count). The number of ether oxygens (including phenoxy) is 2. The van der Waals surface area contributed by atoms with E-state index in [2.05, 4.69) is 22.6 Å². The lowest BCUT2D eigenvalue weighted by Crippen LogP contribution is -2.62. The largest absolute Gasteiger partial charge is 0.447 e. The van der Waals surface area contributed by atoms with E-state index < -0.39 is 11.7 Å². The van der Waals surface area contributed by atoms with E-state index in [1.165, 1.54) is 4.90 Å². The molecule has 0 aliphatic carbocycles. The second-order valence-corrected chi connectivity index (χ2v) is 7.73. The highest BCUT2D eigenvalue weighted by Crippen LogP contribution is 2.51. The monoisotopic (exact) mass is 443 g/mol. The summed E-state index contributed by atoms with van der Waals surface area (Å²) in [5, 5.41) is 0. The van der Waals surface area contributed by atoms with Gasteiger partial charge in [-0.25, -0.2) is 9.69 Å². The molecule has 2 aliphatic rings. The fourth-order valence-electron chi connectivity index (χ4n) is 3.42. The van der Waals surface area contributed by atoms with Crippen LogP contribution in [0.1, 0.15) is 32.4 Å². The number of amides is 2. The van der Waals surface area contributed by atoms with Gasteiger partial charge in [-0.1, -0.05) is 66.8 Å². The first-order chi connectivity index (χ1) is 11.4. The van der Waals surface area contributed by atoms with Gasteiger partial charge < -0.3 is 9.47 Å². The Balaban J connectivity index is 1.91. The van der Waals surface area contributed by atoms with E-state index in [9.17, 15) is 9.59 Å². The lowest BCUT2D eigenvalue weighted by Gasteiger charge is -2.52. The number of cyclic esters (lactones) is 1. The van der Waals surface area contributed by atoms with Gasteiger partial charge in [-0.2, -0.15) is 0 Å². The van der Waals surface area contributed by atoms with Gasteiger partial charge in [0, 0.05) is 4.43 Å². The Kier molecular flexibility index (Phi) is 4.88. The summed E-state index contributed by atoms with van der Waals surface area (Å²) in [6.07, 6.45) is -0.854. The minimum atomic E-state index is -0.567. The third kappa shape index (κ3) is 2.83. The van der Waals surface area contributed by atoms with Crippen LogP contribution in [0.3, 0.4) is 0 Å². The third-order valence-electron chi connectivity index (χ3n) is 4.93. The Bertz CT molecular complexity index is 635. The Morgan fingerprint density at radius 1 is 1.38 bits per heavy atom. The van der Waals surface area contributed by atoms with Crippen molar-refractivity contribution in [2.75, 3.05) is 11.0 Å². The molecule has 2 fully saturated rings. The van der Waals surface area contributed by atoms with Crippen LogP contribution in [0.5, 0.6) is 0 Å². The standard InChI is InChI=1S/C18H22INO4/c1-11(2)13-9-23-17(22)20(13)16(21)14-15(24-18(14,3)10-19)12-7-5-4-6-8-12/h4-8,11,13-15H,9-10H2,1-3H3/t13-,14+,15-,18+/m1/s1. The van der Waals surface area contributed by atoms with Crippen molar-refractivity contribution in [3.8, 4) is 0 Å². The number of carbonyl (C=O) groups is 2. The molecule has 0 spiro atoms. The van der Waals surface area contributed by atoms with Crippen LogP contribution in [0.25, 0.3) is 0 Å². The summed E-state index contributed by atoms with van der Waals surface area (Å²) in [6, 6.07) is 9.51. The number of benzene rings is 1. The number of hydrogen-bond acceptors (Lipinski definition) is 4. The second kappa shape index (κ2) is 6.63. The van der Waals surface area contributed by atoms with Crippen molar-refractivity contribution >= 4 is 34.6 Å². The lowest BCUT2D eigenvalue weighted by atomic mass is 9.75. The van der Waals surface area contributed by atoms with Gasteiger partial charge >= 0.3 is 6.09 Å². The average Bonchev–Trinajstić information content (AvgIpc) is 2.95. The Morgan fingerprint density at radius 3 is 2.62 bits per heavy atom. The predicted octanol–water partition coefficient (Wildman–Crippen LogP) is 3.57. The second-order valence-electron chi connectivity index (χ2n) is 6.97. The first kappa shape index (κ1) is 17.7. The summed E-state index contributed by atoms with van der Waals surface area (Å²) in [5.41, 5.74) is 0.398. The maximum atomic E-state index is 13.3. The van der Waals surface area contributed by atoms with Crippen molar-refractivity contribution in [3.63, 3.8) is 0 Å². The lowest BCUT2D eigenvalue weighted by molar-refractivity contribution is -0.240. The van der Waals surface area contributed by atoms with E-state index in [1.807, 2.05) is 51.1 Å². The van der Waals surface area contributed by atoms with Crippen molar-refractivity contribution in [1.29, 1.82) is 0 Å². The van der Waals surface area contributed by atoms with Gasteiger partial charge in [0.2, 0.25) is 5.91 Å². The topological polar surface area (TPSA) is 55.8 Å². The maximum Gasteiger partial charge on any atom is 0.416 e. The highest BCUT2D eigenvalue weighted by atomic mass is 127. The number of imide groups is 1. The first-order valence-electron chi connectivity index (χ1n) is 8.17. The van der Waals surface area contributed by atoms with Crippen molar-refractivity contribution < 1.29 is 19.1 Å². The van der Waals surface area contributed by atoms with Gasteiger partial charge in [0.25, 0.3) is 0 Å². The van der Waals surface area contributed by atoms with Gasteiger partial charge in [0.1, 0.15) is 6.61 Å². The fourth-order valence-corrected chi connectivity index (χ4v) is 4.07. The van der Waals surface area contributed by atoms with Crippen molar-refractivity contribution in [2.24, 2.45) is 11.8 Å². The molecular weight excluding hydrogens is 421 g/mol. The molecule has 4 atom stereocenters. The number of nitrogens with zero attached hydrogens (tertiary/aromatic N) is 1. The average molecular weight is 443 g/mol. The molecule has 6 heteroatoms. The van der Waals surface area contributed by atoms with Gasteiger partial charge in [-0.15, -0.1) is 0 Å². The van der Waals surface area contributed by atoms with Crippen LogP contribution in [0.15, 0.2) is 30.3 Å². The Morgan fingerprint density at radius 2 is 2.04 bits per heavy atom. The van der Waals surface area contributed by atoms with E-state index in [4.69, 9.17) is 9.47 Å². The molecule has 1 aromatic rings. The first-order valence-corrected chi connectivity index (χ1v) is 9.70. The van der Waals surface area contributed by atoms with Crippen LogP contribution < -0.4 is 0 Å². The smallest absolute Gasteiger partial charge is 0.416 e. The van der Waals surface area contributed by atoms with Crippen LogP contribution >= 0.6 is 22.6 Å². The van der Waals surface area contributed by atoms with Crippen molar-refractivity contribution in [1.82, 2.24) is 4.90 Å². The Hall–Kier alpha value is -1.15. The van der Waals surface area contributed by atoms with Crippen LogP contribution in [0, 0.1) is 11.8 Å².